The Morgan fingerprint density at radius 3 is 0.907 bits per heavy atom. The third kappa shape index (κ3) is 71.8. The minimum absolute atomic E-state index is 0. The number of rotatable bonds is 41. The van der Waals surface area contributed by atoms with Crippen molar-refractivity contribution in [1.29, 1.82) is 0 Å². The molecule has 2 saturated heterocycles. The third-order valence-electron chi connectivity index (χ3n) is 15.3. The topological polar surface area (TPSA) is 776 Å². The third-order valence-corrected chi connectivity index (χ3v) is 15.3. The molecule has 0 spiro atoms. The van der Waals surface area contributed by atoms with E-state index in [1.54, 1.807) is 86.0 Å². The van der Waals surface area contributed by atoms with Crippen molar-refractivity contribution in [3.05, 3.63) is 22.1 Å². The summed E-state index contributed by atoms with van der Waals surface area (Å²) < 4.78 is 42.5. The van der Waals surface area contributed by atoms with Crippen LogP contribution in [0.4, 0.5) is 19.2 Å². The van der Waals surface area contributed by atoms with E-state index in [-0.39, 0.29) is 138 Å². The molecule has 0 aromatic rings. The van der Waals surface area contributed by atoms with Gasteiger partial charge in [-0.3, -0.25) is 76.8 Å². The van der Waals surface area contributed by atoms with Crippen LogP contribution in [0.5, 0.6) is 0 Å². The van der Waals surface area contributed by atoms with Crippen LogP contribution in [0.25, 0.3) is 22.1 Å². The van der Waals surface area contributed by atoms with Gasteiger partial charge in [0, 0.05) is 79.1 Å². The molecule has 728 valence electrons. The Morgan fingerprint density at radius 1 is 0.434 bits per heavy atom. The quantitative estimate of drug-likeness (QED) is 0.00452. The monoisotopic (exact) mass is 1860 g/mol. The molecule has 2 rings (SSSR count). The van der Waals surface area contributed by atoms with E-state index in [1.807, 2.05) is 10.6 Å². The van der Waals surface area contributed by atoms with E-state index in [0.717, 1.165) is 6.21 Å². The number of carboxylic acids is 3. The van der Waals surface area contributed by atoms with Crippen molar-refractivity contribution in [2.45, 2.75) is 279 Å². The summed E-state index contributed by atoms with van der Waals surface area (Å²) in [6.07, 6.45) is -7.93. The molecule has 0 bridgehead atoms. The number of carbonyl (C=O) groups excluding carboxylic acids is 19. The number of hydroxylamine groups is 4. The zero-order valence-electron chi connectivity index (χ0n) is 76.5. The van der Waals surface area contributed by atoms with Gasteiger partial charge in [-0.25, -0.2) is 19.2 Å². The number of aliphatic carboxylic acids is 3. The molecule has 0 radical (unpaired) electrons. The van der Waals surface area contributed by atoms with Crippen molar-refractivity contribution in [1.82, 2.24) is 20.8 Å². The summed E-state index contributed by atoms with van der Waals surface area (Å²) in [4.78, 5) is 245. The number of nitrogens with one attached hydrogen (secondary N) is 4. The molecular weight excluding hydrogens is 1730 g/mol. The molecular formula is C77H129N16NaO35. The summed E-state index contributed by atoms with van der Waals surface area (Å²) in [5, 5.41) is 34.8. The molecule has 0 aliphatic carbocycles. The second-order valence-corrected chi connectivity index (χ2v) is 28.6. The maximum Gasteiger partial charge on any atom is 1.00 e. The number of hydrogen-bond acceptors (Lipinski definition) is 36. The van der Waals surface area contributed by atoms with Gasteiger partial charge in [0.2, 0.25) is 48.3 Å². The molecule has 8 unspecified atom stereocenters. The normalized spacial score (nSPS) is 13.1. The van der Waals surface area contributed by atoms with Crippen LogP contribution >= 0.6 is 0 Å². The van der Waals surface area contributed by atoms with Gasteiger partial charge in [-0.2, -0.15) is 19.2 Å². The Hall–Kier alpha value is -11.9. The van der Waals surface area contributed by atoms with Gasteiger partial charge in [-0.15, -0.1) is 0 Å². The first-order valence-corrected chi connectivity index (χ1v) is 39.5. The molecule has 2 heterocycles. The molecule has 2 aliphatic heterocycles. The average molecular weight is 1860 g/mol. The molecule has 51 nitrogen and oxygen atoms in total. The Morgan fingerprint density at radius 2 is 0.682 bits per heavy atom. The Bertz CT molecular complexity index is 3730. The molecule has 0 aromatic heterocycles. The SMILES string of the molecule is C.CC(OC(=O)NC(CCC(=O)C=[N+]=[N-])C(=O)[O-])OC(=O)C(C)(C)C.CC(OC(=O)NC(CCC(=O)C=[N+]=[N-])C(=O)[O-])OC(=O)C(C)C.CC(OC(=O)ON1C(=O)CCC1=O)OC(=O)C(C)(C)C.CC(OC(=O)ON1C(=O)CCC1=O)OC(=O)C(C)C.CCOC(=O)C(N)CCC(=O)C=[N+]=[N-].CC[NH+](CC)CC.CC[NH+](CC)CC.[N-]=[N+]=CC(=O)CCC(N)C(=O)O.[Na+].[OH-]. The molecule has 10 N–H and O–H groups in total. The maximum atomic E-state index is 11.6. The first-order chi connectivity index (χ1) is 58.4. The van der Waals surface area contributed by atoms with Crippen LogP contribution in [-0.2, 0) is 129 Å². The standard InChI is InChI=1S/C14H21N3O7.C13H19N3O7.C12H17NO7.C11H15NO7.C8H13N3O3.C6H9N3O3.2C6H15N.CH4.Na.H2O/c1-8(23-12(21)14(2,3)4)24-13(22)17-10(11(19)20)6-5-9(18)7-16-15;1-7(2)12(20)22-8(3)23-13(21)16-10(11(18)19)5-4-9(17)6-15-14;1-7(18-10(16)12(2,3)4)19-11(17)20-13-8(14)5-6-9(13)15;1-6(2)10(15)17-7(3)18-11(16)19-12-8(13)4-5-9(12)14;1-2-14-8(13)7(9)4-3-6(12)5-11-10;7-5(6(11)12)2-1-4(10)3-9-8;2*1-4-7(5-2)6-3;;;/h7-8,10H,5-6H2,1-4H3,(H,17,22)(H,19,20);6-8,10H,4-5H2,1-3H3,(H,16,21)(H,18,19);7H,5-6H2,1-4H3;6-7H,4-5H2,1-3H3;5,7H,2-4,9H2,1H3;3,5H,1-2,7H2,(H,11,12);2*4-6H2,1-3H3;1H4;;1H2/q;;;;;;;;;+1;/p-1. The summed E-state index contributed by atoms with van der Waals surface area (Å²) in [6.45, 7) is 44.3. The fourth-order valence-corrected chi connectivity index (χ4v) is 7.96. The van der Waals surface area contributed by atoms with Gasteiger partial charge in [0.1, 0.15) is 12.1 Å². The zero-order chi connectivity index (χ0) is 98.9. The number of imide groups is 2. The van der Waals surface area contributed by atoms with Crippen molar-refractivity contribution in [3.8, 4) is 0 Å². The number of ether oxygens (including phenoxy) is 9. The number of quaternary nitrogens is 2. The predicted octanol–water partition coefficient (Wildman–Crippen LogP) is -3.77. The van der Waals surface area contributed by atoms with E-state index in [2.05, 4.69) is 89.3 Å². The molecule has 6 amide bonds. The number of nitrogens with zero attached hydrogens (tertiary/aromatic N) is 10. The Labute approximate surface area is 769 Å². The second kappa shape index (κ2) is 76.2. The summed E-state index contributed by atoms with van der Waals surface area (Å²) in [6, 6.07) is -4.84. The second-order valence-electron chi connectivity index (χ2n) is 28.6. The summed E-state index contributed by atoms with van der Waals surface area (Å²) in [7, 11) is 0. The van der Waals surface area contributed by atoms with Crippen molar-refractivity contribution in [2.75, 3.05) is 45.9 Å². The van der Waals surface area contributed by atoms with Crippen LogP contribution in [0.15, 0.2) is 0 Å². The van der Waals surface area contributed by atoms with Crippen molar-refractivity contribution < 1.29 is 228 Å². The van der Waals surface area contributed by atoms with Crippen molar-refractivity contribution in [2.24, 2.45) is 34.1 Å². The number of Topliss-reactive ketones (excluding diaryl/α,β-unsaturated/α-hetero) is 4. The molecule has 0 saturated carbocycles. The van der Waals surface area contributed by atoms with Crippen LogP contribution in [0, 0.1) is 22.7 Å². The van der Waals surface area contributed by atoms with Gasteiger partial charge in [0.05, 0.1) is 92.6 Å². The Kier molecular flexibility index (Phi) is 79.8. The predicted molar refractivity (Wildman–Crippen MR) is 435 cm³/mol. The molecule has 2 fully saturated rings. The summed E-state index contributed by atoms with van der Waals surface area (Å²) in [5.41, 5.74) is 41.2. The number of esters is 5. The van der Waals surface area contributed by atoms with E-state index >= 15 is 0 Å². The smallest absolute Gasteiger partial charge is 0.870 e. The number of ketones is 4. The molecule has 2 aliphatic rings. The van der Waals surface area contributed by atoms with Gasteiger partial charge < -0.3 is 127 Å². The maximum absolute atomic E-state index is 11.6. The van der Waals surface area contributed by atoms with Gasteiger partial charge >= 0.3 is 115 Å². The van der Waals surface area contributed by atoms with Crippen molar-refractivity contribution in [3.63, 3.8) is 0 Å². The van der Waals surface area contributed by atoms with E-state index in [4.69, 9.17) is 62.4 Å². The zero-order valence-corrected chi connectivity index (χ0v) is 78.5. The summed E-state index contributed by atoms with van der Waals surface area (Å²) >= 11 is 0. The van der Waals surface area contributed by atoms with Crippen LogP contribution in [0.1, 0.15) is 230 Å². The van der Waals surface area contributed by atoms with Gasteiger partial charge in [0.25, 0.3) is 23.6 Å². The molecule has 0 aromatic carbocycles. The Balaban J connectivity index is -0.000000187. The fraction of sp³-hybridized carbons (Fsp3) is 0.688. The van der Waals surface area contributed by atoms with Crippen molar-refractivity contribution >= 4 is 144 Å². The van der Waals surface area contributed by atoms with Crippen LogP contribution in [-0.4, -0.2) is 279 Å². The van der Waals surface area contributed by atoms with Gasteiger partial charge in [-0.1, -0.05) is 45.2 Å². The van der Waals surface area contributed by atoms with Crippen LogP contribution in [0.3, 0.4) is 0 Å². The number of alkyl carbamates (subject to hydrolysis) is 2. The molecule has 129 heavy (non-hydrogen) atoms. The number of carbonyl (C=O) groups is 20. The first-order valence-electron chi connectivity index (χ1n) is 39.5. The average Bonchev–Trinajstić information content (AvgIpc) is 1.73. The minimum atomic E-state index is -1.62. The number of carboxylic acid groups (broad SMARTS) is 3. The van der Waals surface area contributed by atoms with E-state index in [9.17, 15) is 106 Å². The van der Waals surface area contributed by atoms with Gasteiger partial charge in [-0.05, 0) is 116 Å². The first kappa shape index (κ1) is 135. The van der Waals surface area contributed by atoms with Crippen LogP contribution in [0.2, 0.25) is 0 Å². The fourth-order valence-electron chi connectivity index (χ4n) is 7.96. The molecule has 8 atom stereocenters. The van der Waals surface area contributed by atoms with E-state index in [0.29, 0.717) is 28.8 Å². The minimum Gasteiger partial charge on any atom is -0.870 e. The van der Waals surface area contributed by atoms with E-state index in [1.165, 1.54) is 67.0 Å². The van der Waals surface area contributed by atoms with Crippen LogP contribution < -0.4 is 71.7 Å². The van der Waals surface area contributed by atoms with Gasteiger partial charge in [0.15, 0.2) is 0 Å². The largest absolute Gasteiger partial charge is 1.00 e. The number of nitrogens with two attached hydrogens (primary N) is 2. The number of amides is 6. The number of hydrogen-bond donors (Lipinski definition) is 7. The molecule has 52 heteroatoms. The van der Waals surface area contributed by atoms with E-state index < -0.39 is 179 Å². The summed E-state index contributed by atoms with van der Waals surface area (Å²) in [5.74, 6) is -12.6.